The van der Waals surface area contributed by atoms with Gasteiger partial charge in [0.05, 0.1) is 20.3 Å². The fourth-order valence-electron chi connectivity index (χ4n) is 0.743. The third-order valence-electron chi connectivity index (χ3n) is 1.39. The van der Waals surface area contributed by atoms with Gasteiger partial charge in [-0.15, -0.1) is 0 Å². The van der Waals surface area contributed by atoms with Crippen LogP contribution in [0.1, 0.15) is 20.3 Å². The molecular formula is C9H18ClN3O3. The molecule has 16 heavy (non-hydrogen) atoms. The monoisotopic (exact) mass is 251 g/mol. The number of hydrogen-bond donors (Lipinski definition) is 2. The van der Waals surface area contributed by atoms with Crippen molar-refractivity contribution in [3.05, 3.63) is 17.4 Å². The number of nitrogens with two attached hydrogens (primary N) is 1. The van der Waals surface area contributed by atoms with Gasteiger partial charge in [0.1, 0.15) is 0 Å². The van der Waals surface area contributed by atoms with Crippen molar-refractivity contribution in [1.29, 1.82) is 0 Å². The molecule has 0 aliphatic heterocycles. The van der Waals surface area contributed by atoms with E-state index in [1.54, 1.807) is 0 Å². The minimum Gasteiger partial charge on any atom is -0.476 e. The summed E-state index contributed by atoms with van der Waals surface area (Å²) in [6.45, 7) is 4.69. The molecule has 0 amide bonds. The summed E-state index contributed by atoms with van der Waals surface area (Å²) in [5.41, 5.74) is 8.31. The van der Waals surface area contributed by atoms with Crippen molar-refractivity contribution in [1.82, 2.24) is 10.1 Å². The normalized spacial score (nSPS) is 9.25. The lowest BCUT2D eigenvalue weighted by Gasteiger charge is -2.20. The van der Waals surface area contributed by atoms with Crippen molar-refractivity contribution in [2.75, 3.05) is 20.3 Å². The topological polar surface area (TPSA) is 69.0 Å². The van der Waals surface area contributed by atoms with E-state index in [0.29, 0.717) is 13.2 Å². The molecule has 0 rings (SSSR count). The molecule has 0 aromatic rings. The SMILES string of the molecule is CCCON(OCC)C(N)=C=C(NCl)OC. The summed E-state index contributed by atoms with van der Waals surface area (Å²) in [4.78, 5) is 12.6. The summed E-state index contributed by atoms with van der Waals surface area (Å²) in [7, 11) is 1.43. The van der Waals surface area contributed by atoms with Gasteiger partial charge in [-0.2, -0.15) is 0 Å². The lowest BCUT2D eigenvalue weighted by molar-refractivity contribution is -0.343. The zero-order valence-corrected chi connectivity index (χ0v) is 10.5. The van der Waals surface area contributed by atoms with Gasteiger partial charge in [0.2, 0.25) is 5.82 Å². The minimum absolute atomic E-state index is 0.111. The van der Waals surface area contributed by atoms with Gasteiger partial charge in [0.15, 0.2) is 0 Å². The highest BCUT2D eigenvalue weighted by molar-refractivity contribution is 6.14. The molecule has 0 heterocycles. The number of hydrogen-bond acceptors (Lipinski definition) is 6. The molecule has 6 nitrogen and oxygen atoms in total. The van der Waals surface area contributed by atoms with Crippen LogP contribution in [0.25, 0.3) is 0 Å². The Hall–Kier alpha value is -1.07. The Bertz CT molecular complexity index is 248. The summed E-state index contributed by atoms with van der Waals surface area (Å²) in [5, 5.41) is 1.08. The quantitative estimate of drug-likeness (QED) is 0.293. The predicted octanol–water partition coefficient (Wildman–Crippen LogP) is 1.21. The number of rotatable bonds is 8. The number of nitrogens with one attached hydrogen (secondary N) is 1. The molecule has 0 radical (unpaired) electrons. The third-order valence-corrected chi connectivity index (χ3v) is 1.56. The highest BCUT2D eigenvalue weighted by Crippen LogP contribution is 2.01. The lowest BCUT2D eigenvalue weighted by atomic mass is 10.5. The van der Waals surface area contributed by atoms with Gasteiger partial charge in [-0.3, -0.25) is 4.84 Å². The Labute approximate surface area is 101 Å². The maximum atomic E-state index is 5.68. The van der Waals surface area contributed by atoms with Gasteiger partial charge in [0, 0.05) is 11.8 Å². The maximum Gasteiger partial charge on any atom is 0.251 e. The molecule has 0 aromatic carbocycles. The Morgan fingerprint density at radius 1 is 1.44 bits per heavy atom. The Balaban J connectivity index is 4.68. The molecule has 0 bridgehead atoms. The summed E-state index contributed by atoms with van der Waals surface area (Å²) in [5.74, 6) is 0.282. The van der Waals surface area contributed by atoms with Gasteiger partial charge < -0.3 is 10.5 Å². The van der Waals surface area contributed by atoms with Gasteiger partial charge in [-0.1, -0.05) is 12.2 Å². The molecule has 0 unspecified atom stereocenters. The van der Waals surface area contributed by atoms with Crippen LogP contribution < -0.4 is 10.6 Å². The van der Waals surface area contributed by atoms with Crippen LogP contribution in [0.5, 0.6) is 0 Å². The number of methoxy groups -OCH3 is 1. The van der Waals surface area contributed by atoms with E-state index in [-0.39, 0.29) is 11.7 Å². The average Bonchev–Trinajstić information content (AvgIpc) is 2.31. The second kappa shape index (κ2) is 9.18. The van der Waals surface area contributed by atoms with Gasteiger partial charge in [-0.05, 0) is 19.1 Å². The number of nitrogens with zero attached hydrogens (tertiary/aromatic N) is 1. The number of hydroxylamine groups is 2. The Kier molecular flexibility index (Phi) is 8.56. The van der Waals surface area contributed by atoms with Crippen LogP contribution >= 0.6 is 11.8 Å². The lowest BCUT2D eigenvalue weighted by Crippen LogP contribution is -2.28. The van der Waals surface area contributed by atoms with Crippen LogP contribution in [0.15, 0.2) is 17.4 Å². The van der Waals surface area contributed by atoms with Gasteiger partial charge >= 0.3 is 0 Å². The molecule has 94 valence electrons. The molecule has 3 N–H and O–H groups in total. The van der Waals surface area contributed by atoms with E-state index in [2.05, 4.69) is 10.6 Å². The Morgan fingerprint density at radius 2 is 2.12 bits per heavy atom. The molecule has 0 atom stereocenters. The summed E-state index contributed by atoms with van der Waals surface area (Å²) in [6, 6.07) is 0. The van der Waals surface area contributed by atoms with Gasteiger partial charge in [0.25, 0.3) is 5.88 Å². The molecule has 0 spiro atoms. The Morgan fingerprint density at radius 3 is 2.56 bits per heavy atom. The predicted molar refractivity (Wildman–Crippen MR) is 60.4 cm³/mol. The molecule has 0 aliphatic carbocycles. The largest absolute Gasteiger partial charge is 0.476 e. The fourth-order valence-corrected chi connectivity index (χ4v) is 0.867. The van der Waals surface area contributed by atoms with Crippen molar-refractivity contribution in [3.8, 4) is 0 Å². The maximum absolute atomic E-state index is 5.68. The van der Waals surface area contributed by atoms with Crippen molar-refractivity contribution in [2.24, 2.45) is 5.73 Å². The van der Waals surface area contributed by atoms with Gasteiger partial charge in [-0.25, -0.2) is 9.68 Å². The van der Waals surface area contributed by atoms with Crippen LogP contribution in [0.4, 0.5) is 0 Å². The summed E-state index contributed by atoms with van der Waals surface area (Å²) >= 11 is 5.35. The van der Waals surface area contributed by atoms with E-state index in [9.17, 15) is 0 Å². The van der Waals surface area contributed by atoms with E-state index < -0.39 is 0 Å². The van der Waals surface area contributed by atoms with Crippen molar-refractivity contribution in [3.63, 3.8) is 0 Å². The van der Waals surface area contributed by atoms with Crippen molar-refractivity contribution < 1.29 is 14.4 Å². The number of halogens is 1. The fraction of sp³-hybridized carbons (Fsp3) is 0.667. The van der Waals surface area contributed by atoms with E-state index >= 15 is 0 Å². The van der Waals surface area contributed by atoms with E-state index in [4.69, 9.17) is 31.9 Å². The smallest absolute Gasteiger partial charge is 0.251 e. The van der Waals surface area contributed by atoms with Crippen molar-refractivity contribution >= 4 is 11.8 Å². The van der Waals surface area contributed by atoms with Crippen LogP contribution in [0.2, 0.25) is 0 Å². The molecule has 0 saturated heterocycles. The second-order valence-corrected chi connectivity index (χ2v) is 2.84. The zero-order chi connectivity index (χ0) is 12.4. The molecule has 0 fully saturated rings. The molecule has 7 heteroatoms. The van der Waals surface area contributed by atoms with Crippen LogP contribution in [-0.4, -0.2) is 25.6 Å². The summed E-state index contributed by atoms with van der Waals surface area (Å²) in [6.07, 6.45) is 0.839. The van der Waals surface area contributed by atoms with Crippen LogP contribution in [0, 0.1) is 0 Å². The first-order valence-electron chi connectivity index (χ1n) is 4.92. The van der Waals surface area contributed by atoms with Crippen molar-refractivity contribution in [2.45, 2.75) is 20.3 Å². The molecule has 0 aromatic heterocycles. The first kappa shape index (κ1) is 14.9. The number of ether oxygens (including phenoxy) is 1. The standard InChI is InChI=1S/C9H18ClN3O3/c1-4-6-16-13(15-5-2)8(11)7-9(12-10)14-3/h12H,4-6,11H2,1-3H3. The molecule has 0 aliphatic rings. The summed E-state index contributed by atoms with van der Waals surface area (Å²) < 4.78 is 4.83. The first-order chi connectivity index (χ1) is 7.69. The van der Waals surface area contributed by atoms with E-state index in [0.717, 1.165) is 11.6 Å². The minimum atomic E-state index is 0.111. The highest BCUT2D eigenvalue weighted by atomic mass is 35.5. The van der Waals surface area contributed by atoms with Crippen LogP contribution in [-0.2, 0) is 14.4 Å². The highest BCUT2D eigenvalue weighted by Gasteiger charge is 2.07. The molecular weight excluding hydrogens is 234 g/mol. The van der Waals surface area contributed by atoms with E-state index in [1.165, 1.54) is 7.11 Å². The zero-order valence-electron chi connectivity index (χ0n) is 9.75. The average molecular weight is 252 g/mol. The van der Waals surface area contributed by atoms with E-state index in [1.807, 2.05) is 13.8 Å². The molecule has 0 saturated carbocycles. The first-order valence-corrected chi connectivity index (χ1v) is 5.30. The third kappa shape index (κ3) is 5.72. The second-order valence-electron chi connectivity index (χ2n) is 2.65. The van der Waals surface area contributed by atoms with Crippen LogP contribution in [0.3, 0.4) is 0 Å².